The lowest BCUT2D eigenvalue weighted by Gasteiger charge is -2.13. The summed E-state index contributed by atoms with van der Waals surface area (Å²) in [5, 5.41) is 8.69. The van der Waals surface area contributed by atoms with Crippen LogP contribution in [0.25, 0.3) is 0 Å². The van der Waals surface area contributed by atoms with Gasteiger partial charge in [0.1, 0.15) is 0 Å². The van der Waals surface area contributed by atoms with Gasteiger partial charge in [0, 0.05) is 24.3 Å². The number of carbonyl (C=O) groups excluding carboxylic acids is 2. The zero-order valence-electron chi connectivity index (χ0n) is 12.5. The highest BCUT2D eigenvalue weighted by atomic mass is 16.2. The van der Waals surface area contributed by atoms with Crippen molar-refractivity contribution in [1.29, 1.82) is 0 Å². The van der Waals surface area contributed by atoms with E-state index in [0.29, 0.717) is 17.4 Å². The van der Waals surface area contributed by atoms with Crippen LogP contribution in [-0.2, 0) is 9.59 Å². The van der Waals surface area contributed by atoms with E-state index in [4.69, 9.17) is 0 Å². The number of nitrogens with one attached hydrogen (secondary N) is 3. The van der Waals surface area contributed by atoms with Crippen LogP contribution in [0.2, 0.25) is 0 Å². The minimum atomic E-state index is -0.135. The first kappa shape index (κ1) is 16.2. The molecular weight excluding hydrogens is 254 g/mol. The third-order valence-corrected chi connectivity index (χ3v) is 3.06. The smallest absolute Gasteiger partial charge is 0.238 e. The molecule has 0 saturated carbocycles. The van der Waals surface area contributed by atoms with Crippen molar-refractivity contribution in [2.24, 2.45) is 0 Å². The number of anilines is 2. The maximum absolute atomic E-state index is 11.9. The van der Waals surface area contributed by atoms with E-state index in [1.165, 1.54) is 6.92 Å². The van der Waals surface area contributed by atoms with Crippen LogP contribution < -0.4 is 16.0 Å². The molecule has 0 saturated heterocycles. The van der Waals surface area contributed by atoms with Gasteiger partial charge in [-0.15, -0.1) is 0 Å². The maximum Gasteiger partial charge on any atom is 0.238 e. The average molecular weight is 277 g/mol. The Morgan fingerprint density at radius 2 is 1.95 bits per heavy atom. The first-order chi connectivity index (χ1) is 9.42. The highest BCUT2D eigenvalue weighted by Crippen LogP contribution is 2.20. The zero-order chi connectivity index (χ0) is 15.1. The van der Waals surface area contributed by atoms with Gasteiger partial charge in [0.25, 0.3) is 0 Å². The van der Waals surface area contributed by atoms with Crippen LogP contribution in [0.5, 0.6) is 0 Å². The summed E-state index contributed by atoms with van der Waals surface area (Å²) >= 11 is 0. The van der Waals surface area contributed by atoms with Gasteiger partial charge in [0.2, 0.25) is 11.8 Å². The molecule has 5 nitrogen and oxygen atoms in total. The molecule has 1 atom stereocenters. The van der Waals surface area contributed by atoms with Crippen LogP contribution in [0.1, 0.15) is 32.8 Å². The third kappa shape index (κ3) is 5.40. The summed E-state index contributed by atoms with van der Waals surface area (Å²) < 4.78 is 0. The second kappa shape index (κ2) is 7.65. The van der Waals surface area contributed by atoms with Crippen LogP contribution in [0.15, 0.2) is 18.2 Å². The Morgan fingerprint density at radius 1 is 1.25 bits per heavy atom. The van der Waals surface area contributed by atoms with E-state index < -0.39 is 0 Å². The van der Waals surface area contributed by atoms with E-state index in [2.05, 4.69) is 22.9 Å². The van der Waals surface area contributed by atoms with Gasteiger partial charge in [-0.05, 0) is 38.0 Å². The van der Waals surface area contributed by atoms with E-state index >= 15 is 0 Å². The monoisotopic (exact) mass is 277 g/mol. The van der Waals surface area contributed by atoms with Gasteiger partial charge in [-0.3, -0.25) is 9.59 Å². The fourth-order valence-electron chi connectivity index (χ4n) is 1.64. The maximum atomic E-state index is 11.9. The van der Waals surface area contributed by atoms with E-state index in [9.17, 15) is 9.59 Å². The normalized spacial score (nSPS) is 11.8. The molecule has 1 unspecified atom stereocenters. The first-order valence-electron chi connectivity index (χ1n) is 6.83. The first-order valence-corrected chi connectivity index (χ1v) is 6.83. The Morgan fingerprint density at radius 3 is 2.55 bits per heavy atom. The summed E-state index contributed by atoms with van der Waals surface area (Å²) in [6.07, 6.45) is 0.977. The summed E-state index contributed by atoms with van der Waals surface area (Å²) in [4.78, 5) is 22.9. The minimum Gasteiger partial charge on any atom is -0.326 e. The lowest BCUT2D eigenvalue weighted by molar-refractivity contribution is -0.115. The van der Waals surface area contributed by atoms with Crippen molar-refractivity contribution in [3.63, 3.8) is 0 Å². The largest absolute Gasteiger partial charge is 0.326 e. The predicted octanol–water partition coefficient (Wildman–Crippen LogP) is 2.28. The summed E-state index contributed by atoms with van der Waals surface area (Å²) in [5.74, 6) is -0.224. The molecule has 2 amide bonds. The molecule has 0 aliphatic rings. The van der Waals surface area contributed by atoms with Gasteiger partial charge >= 0.3 is 0 Å². The molecule has 0 bridgehead atoms. The number of carbonyl (C=O) groups is 2. The topological polar surface area (TPSA) is 70.2 Å². The van der Waals surface area contributed by atoms with Crippen molar-refractivity contribution >= 4 is 23.2 Å². The van der Waals surface area contributed by atoms with Crippen molar-refractivity contribution in [2.45, 2.75) is 40.2 Å². The van der Waals surface area contributed by atoms with Crippen molar-refractivity contribution in [2.75, 3.05) is 17.2 Å². The molecule has 110 valence electrons. The molecule has 0 aromatic heterocycles. The summed E-state index contributed by atoms with van der Waals surface area (Å²) in [7, 11) is 0. The molecule has 0 spiro atoms. The fourth-order valence-corrected chi connectivity index (χ4v) is 1.64. The van der Waals surface area contributed by atoms with E-state index in [-0.39, 0.29) is 18.4 Å². The molecule has 0 radical (unpaired) electrons. The average Bonchev–Trinajstić information content (AvgIpc) is 2.39. The number of amides is 2. The second-order valence-electron chi connectivity index (χ2n) is 4.95. The van der Waals surface area contributed by atoms with Gasteiger partial charge in [0.15, 0.2) is 0 Å². The standard InChI is InChI=1S/C15H23N3O2/c1-5-11(3)16-9-15(20)18-14-8-13(17-12(4)19)7-6-10(14)2/h6-8,11,16H,5,9H2,1-4H3,(H,17,19)(H,18,20). The lowest BCUT2D eigenvalue weighted by Crippen LogP contribution is -2.34. The second-order valence-corrected chi connectivity index (χ2v) is 4.95. The molecule has 0 aliphatic heterocycles. The Kier molecular flexibility index (Phi) is 6.18. The highest BCUT2D eigenvalue weighted by molar-refractivity contribution is 5.95. The van der Waals surface area contributed by atoms with Crippen LogP contribution in [-0.4, -0.2) is 24.4 Å². The molecule has 1 rings (SSSR count). The number of rotatable bonds is 6. The molecule has 0 heterocycles. The molecule has 3 N–H and O–H groups in total. The Labute approximate surface area is 120 Å². The molecular formula is C15H23N3O2. The van der Waals surface area contributed by atoms with Gasteiger partial charge in [-0.2, -0.15) is 0 Å². The predicted molar refractivity (Wildman–Crippen MR) is 81.9 cm³/mol. The lowest BCUT2D eigenvalue weighted by atomic mass is 10.1. The molecule has 1 aromatic carbocycles. The molecule has 20 heavy (non-hydrogen) atoms. The van der Waals surface area contributed by atoms with E-state index in [0.717, 1.165) is 12.0 Å². The van der Waals surface area contributed by atoms with Gasteiger partial charge in [-0.1, -0.05) is 13.0 Å². The van der Waals surface area contributed by atoms with Gasteiger partial charge in [-0.25, -0.2) is 0 Å². The van der Waals surface area contributed by atoms with Crippen LogP contribution in [0.3, 0.4) is 0 Å². The number of hydrogen-bond acceptors (Lipinski definition) is 3. The molecule has 5 heteroatoms. The highest BCUT2D eigenvalue weighted by Gasteiger charge is 2.07. The minimum absolute atomic E-state index is 0.0895. The summed E-state index contributed by atoms with van der Waals surface area (Å²) in [5.41, 5.74) is 2.34. The Bertz CT molecular complexity index is 486. The number of benzene rings is 1. The summed E-state index contributed by atoms with van der Waals surface area (Å²) in [6.45, 7) is 7.74. The molecule has 0 aliphatic carbocycles. The van der Waals surface area contributed by atoms with Crippen molar-refractivity contribution in [3.8, 4) is 0 Å². The van der Waals surface area contributed by atoms with Crippen molar-refractivity contribution < 1.29 is 9.59 Å². The quantitative estimate of drug-likeness (QED) is 0.747. The third-order valence-electron chi connectivity index (χ3n) is 3.06. The summed E-state index contributed by atoms with van der Waals surface area (Å²) in [6, 6.07) is 5.75. The van der Waals surface area contributed by atoms with E-state index in [1.807, 2.05) is 26.0 Å². The SMILES string of the molecule is CCC(C)NCC(=O)Nc1cc(NC(C)=O)ccc1C. The molecule has 1 aromatic rings. The Balaban J connectivity index is 2.66. The fraction of sp³-hybridized carbons (Fsp3) is 0.467. The molecule has 0 fully saturated rings. The Hall–Kier alpha value is -1.88. The van der Waals surface area contributed by atoms with Gasteiger partial charge < -0.3 is 16.0 Å². The number of aryl methyl sites for hydroxylation is 1. The van der Waals surface area contributed by atoms with Crippen molar-refractivity contribution in [3.05, 3.63) is 23.8 Å². The van der Waals surface area contributed by atoms with Crippen LogP contribution >= 0.6 is 0 Å². The van der Waals surface area contributed by atoms with Crippen molar-refractivity contribution in [1.82, 2.24) is 5.32 Å². The zero-order valence-corrected chi connectivity index (χ0v) is 12.5. The van der Waals surface area contributed by atoms with Gasteiger partial charge in [0.05, 0.1) is 6.54 Å². The van der Waals surface area contributed by atoms with Crippen LogP contribution in [0.4, 0.5) is 11.4 Å². The van der Waals surface area contributed by atoms with Crippen LogP contribution in [0, 0.1) is 6.92 Å². The van der Waals surface area contributed by atoms with E-state index in [1.54, 1.807) is 6.07 Å². The number of hydrogen-bond donors (Lipinski definition) is 3.